The van der Waals surface area contributed by atoms with E-state index in [0.717, 1.165) is 49.7 Å². The van der Waals surface area contributed by atoms with Crippen molar-refractivity contribution in [3.63, 3.8) is 0 Å². The summed E-state index contributed by atoms with van der Waals surface area (Å²) in [5, 5.41) is 7.44. The first-order valence-electron chi connectivity index (χ1n) is 20.1. The fourth-order valence-corrected chi connectivity index (χ4v) is 10.8. The van der Waals surface area contributed by atoms with Crippen molar-refractivity contribution in [3.8, 4) is 67.5 Å². The zero-order valence-electron chi connectivity index (χ0n) is 32.2. The quantitative estimate of drug-likeness (QED) is 0.168. The highest BCUT2D eigenvalue weighted by Crippen LogP contribution is 2.39. The van der Waals surface area contributed by atoms with Gasteiger partial charge in [0.25, 0.3) is 0 Å². The third-order valence-electron chi connectivity index (χ3n) is 11.6. The van der Waals surface area contributed by atoms with Gasteiger partial charge in [-0.3, -0.25) is 0 Å². The lowest BCUT2D eigenvalue weighted by molar-refractivity contribution is 1.08. The van der Waals surface area contributed by atoms with Crippen molar-refractivity contribution in [2.24, 2.45) is 0 Å². The Morgan fingerprint density at radius 1 is 0.250 bits per heavy atom. The minimum atomic E-state index is 0.634. The number of nitrogens with zero attached hydrogens (tertiary/aromatic N) is 3. The van der Waals surface area contributed by atoms with E-state index in [1.165, 1.54) is 51.5 Å². The molecular weight excluding hydrogens is 767 g/mol. The molecule has 60 heavy (non-hydrogen) atoms. The van der Waals surface area contributed by atoms with E-state index in [1.807, 2.05) is 22.7 Å². The normalized spacial score (nSPS) is 11.7. The van der Waals surface area contributed by atoms with Crippen LogP contribution < -0.4 is 0 Å². The lowest BCUT2D eigenvalue weighted by atomic mass is 9.97. The molecule has 3 nitrogen and oxygen atoms in total. The Hall–Kier alpha value is -7.31. The highest BCUT2D eigenvalue weighted by Gasteiger charge is 2.17. The van der Waals surface area contributed by atoms with Gasteiger partial charge in [0.15, 0.2) is 17.5 Å². The SMILES string of the molecule is c1ccc(-c2ccc3cccc(-c4nc(-c5ccc(-c6ccc7c(c6)sc6ccccc67)cc5)nc(-c5cccc(-c6ccc7c(c6)sc6ccccc67)c5)n4)c3c2)cc1. The number of rotatable bonds is 6. The summed E-state index contributed by atoms with van der Waals surface area (Å²) < 4.78 is 5.19. The minimum absolute atomic E-state index is 0.634. The third kappa shape index (κ3) is 6.06. The van der Waals surface area contributed by atoms with Crippen LogP contribution in [0, 0.1) is 0 Å². The largest absolute Gasteiger partial charge is 0.208 e. The first-order valence-corrected chi connectivity index (χ1v) is 21.7. The lowest BCUT2D eigenvalue weighted by Crippen LogP contribution is -2.01. The van der Waals surface area contributed by atoms with E-state index in [1.54, 1.807) is 0 Å². The molecular formula is C55H33N3S2. The Kier molecular flexibility index (Phi) is 8.22. The van der Waals surface area contributed by atoms with Crippen LogP contribution in [-0.4, -0.2) is 15.0 Å². The number of aromatic nitrogens is 3. The molecule has 0 saturated carbocycles. The molecule has 0 aliphatic heterocycles. The summed E-state index contributed by atoms with van der Waals surface area (Å²) in [4.78, 5) is 15.7. The van der Waals surface area contributed by atoms with Crippen molar-refractivity contribution in [1.82, 2.24) is 15.0 Å². The summed E-state index contributed by atoms with van der Waals surface area (Å²) in [5.74, 6) is 1.91. The number of fused-ring (bicyclic) bond motifs is 7. The Bertz CT molecular complexity index is 3600. The third-order valence-corrected chi connectivity index (χ3v) is 13.8. The summed E-state index contributed by atoms with van der Waals surface area (Å²) in [6, 6.07) is 71.6. The summed E-state index contributed by atoms with van der Waals surface area (Å²) in [7, 11) is 0. The van der Waals surface area contributed by atoms with Crippen LogP contribution in [0.2, 0.25) is 0 Å². The fourth-order valence-electron chi connectivity index (χ4n) is 8.49. The van der Waals surface area contributed by atoms with E-state index in [0.29, 0.717) is 17.5 Å². The number of benzene rings is 9. The molecule has 3 heterocycles. The predicted molar refractivity (Wildman–Crippen MR) is 256 cm³/mol. The molecule has 12 rings (SSSR count). The molecule has 0 N–H and O–H groups in total. The molecule has 0 unspecified atom stereocenters. The average Bonchev–Trinajstić information content (AvgIpc) is 3.89. The summed E-state index contributed by atoms with van der Waals surface area (Å²) >= 11 is 3.68. The molecule has 0 atom stereocenters. The Morgan fingerprint density at radius 2 is 0.717 bits per heavy atom. The van der Waals surface area contributed by atoms with E-state index < -0.39 is 0 Å². The van der Waals surface area contributed by atoms with Crippen LogP contribution in [0.5, 0.6) is 0 Å². The minimum Gasteiger partial charge on any atom is -0.208 e. The average molecular weight is 800 g/mol. The van der Waals surface area contributed by atoms with Gasteiger partial charge in [-0.25, -0.2) is 15.0 Å². The van der Waals surface area contributed by atoms with Crippen molar-refractivity contribution in [1.29, 1.82) is 0 Å². The maximum atomic E-state index is 5.26. The Morgan fingerprint density at radius 3 is 1.43 bits per heavy atom. The van der Waals surface area contributed by atoms with Crippen LogP contribution in [0.15, 0.2) is 200 Å². The molecule has 12 aromatic rings. The molecule has 0 aliphatic carbocycles. The van der Waals surface area contributed by atoms with Gasteiger partial charge in [0.1, 0.15) is 0 Å². The molecule has 3 aromatic heterocycles. The number of thiophene rings is 2. The van der Waals surface area contributed by atoms with Gasteiger partial charge >= 0.3 is 0 Å². The molecule has 280 valence electrons. The van der Waals surface area contributed by atoms with Gasteiger partial charge < -0.3 is 0 Å². The highest BCUT2D eigenvalue weighted by atomic mass is 32.1. The van der Waals surface area contributed by atoms with E-state index in [-0.39, 0.29) is 0 Å². The second kappa shape index (κ2) is 14.2. The van der Waals surface area contributed by atoms with E-state index >= 15 is 0 Å². The highest BCUT2D eigenvalue weighted by molar-refractivity contribution is 7.26. The van der Waals surface area contributed by atoms with Gasteiger partial charge in [-0.2, -0.15) is 0 Å². The molecule has 0 amide bonds. The lowest BCUT2D eigenvalue weighted by Gasteiger charge is -2.12. The van der Waals surface area contributed by atoms with Crippen molar-refractivity contribution >= 4 is 73.8 Å². The smallest absolute Gasteiger partial charge is 0.164 e. The fraction of sp³-hybridized carbons (Fsp3) is 0. The molecule has 0 bridgehead atoms. The van der Waals surface area contributed by atoms with Crippen molar-refractivity contribution in [3.05, 3.63) is 200 Å². The maximum absolute atomic E-state index is 5.26. The van der Waals surface area contributed by atoms with Crippen molar-refractivity contribution in [2.75, 3.05) is 0 Å². The molecule has 0 radical (unpaired) electrons. The van der Waals surface area contributed by atoms with Crippen LogP contribution in [0.25, 0.3) is 119 Å². The van der Waals surface area contributed by atoms with Gasteiger partial charge in [0, 0.05) is 57.0 Å². The Labute approximate surface area is 354 Å². The summed E-state index contributed by atoms with van der Waals surface area (Å²) in [6.07, 6.45) is 0. The van der Waals surface area contributed by atoms with Gasteiger partial charge in [-0.15, -0.1) is 22.7 Å². The zero-order valence-corrected chi connectivity index (χ0v) is 33.8. The number of hydrogen-bond acceptors (Lipinski definition) is 5. The van der Waals surface area contributed by atoms with Gasteiger partial charge in [0.05, 0.1) is 0 Å². The monoisotopic (exact) mass is 799 g/mol. The molecule has 0 spiro atoms. The first kappa shape index (κ1) is 34.7. The molecule has 0 aliphatic rings. The van der Waals surface area contributed by atoms with Gasteiger partial charge in [-0.1, -0.05) is 164 Å². The van der Waals surface area contributed by atoms with Crippen LogP contribution in [0.1, 0.15) is 0 Å². The predicted octanol–water partition coefficient (Wildman–Crippen LogP) is 15.8. The summed E-state index contributed by atoms with van der Waals surface area (Å²) in [5.41, 5.74) is 9.78. The van der Waals surface area contributed by atoms with E-state index in [2.05, 4.69) is 200 Å². The van der Waals surface area contributed by atoms with Crippen molar-refractivity contribution in [2.45, 2.75) is 0 Å². The molecule has 0 fully saturated rings. The molecule has 5 heteroatoms. The molecule has 9 aromatic carbocycles. The topological polar surface area (TPSA) is 38.7 Å². The van der Waals surface area contributed by atoms with Crippen molar-refractivity contribution < 1.29 is 0 Å². The second-order valence-corrected chi connectivity index (χ2v) is 17.4. The van der Waals surface area contributed by atoms with Crippen LogP contribution in [0.3, 0.4) is 0 Å². The van der Waals surface area contributed by atoms with Gasteiger partial charge in [-0.05, 0) is 80.6 Å². The molecule has 0 saturated heterocycles. The van der Waals surface area contributed by atoms with E-state index in [4.69, 9.17) is 15.0 Å². The first-order chi connectivity index (χ1) is 29.7. The second-order valence-electron chi connectivity index (χ2n) is 15.2. The standard InChI is InChI=1S/C55H33N3S2/c1-2-10-34(11-3-1)39-25-22-36-12-9-17-47(48(36)31-39)55-57-53(37-23-20-35(21-24-37)40-26-28-45-43-15-4-6-18-49(43)59-51(45)32-40)56-54(58-55)42-14-8-13-38(30-42)41-27-29-46-44-16-5-7-19-50(44)60-52(46)33-41/h1-33H. The zero-order chi connectivity index (χ0) is 39.6. The number of hydrogen-bond donors (Lipinski definition) is 0. The van der Waals surface area contributed by atoms with Crippen LogP contribution >= 0.6 is 22.7 Å². The van der Waals surface area contributed by atoms with Crippen LogP contribution in [-0.2, 0) is 0 Å². The van der Waals surface area contributed by atoms with Gasteiger partial charge in [0.2, 0.25) is 0 Å². The summed E-state index contributed by atoms with van der Waals surface area (Å²) in [6.45, 7) is 0. The van der Waals surface area contributed by atoms with E-state index in [9.17, 15) is 0 Å². The maximum Gasteiger partial charge on any atom is 0.164 e. The Balaban J connectivity index is 0.982. The van der Waals surface area contributed by atoms with Crippen LogP contribution in [0.4, 0.5) is 0 Å².